The Morgan fingerprint density at radius 1 is 1.28 bits per heavy atom. The molecule has 1 saturated heterocycles. The molecule has 1 unspecified atom stereocenters. The van der Waals surface area contributed by atoms with E-state index in [0.29, 0.717) is 18.7 Å². The molecule has 25 heavy (non-hydrogen) atoms. The van der Waals surface area contributed by atoms with Crippen molar-refractivity contribution in [2.45, 2.75) is 19.0 Å². The lowest BCUT2D eigenvalue weighted by Crippen LogP contribution is -2.33. The fraction of sp³-hybridized carbons (Fsp3) is 0.353. The van der Waals surface area contributed by atoms with Crippen LogP contribution in [-0.2, 0) is 16.4 Å². The number of pyridine rings is 2. The Hall–Kier alpha value is -2.48. The normalized spacial score (nSPS) is 18.7. The van der Waals surface area contributed by atoms with E-state index < -0.39 is 9.84 Å². The molecule has 1 amide bonds. The molecule has 3 heterocycles. The molecule has 0 bridgehead atoms. The third-order valence-electron chi connectivity index (χ3n) is 4.34. The molecular formula is C17H20N4O3S. The highest BCUT2D eigenvalue weighted by molar-refractivity contribution is 7.91. The van der Waals surface area contributed by atoms with E-state index in [-0.39, 0.29) is 23.5 Å². The van der Waals surface area contributed by atoms with Gasteiger partial charge in [-0.05, 0) is 36.2 Å². The summed E-state index contributed by atoms with van der Waals surface area (Å²) in [6.07, 6.45) is 5.51. The third-order valence-corrected chi connectivity index (χ3v) is 6.09. The van der Waals surface area contributed by atoms with Crippen LogP contribution in [0.15, 0.2) is 42.9 Å². The Balaban J connectivity index is 1.67. The van der Waals surface area contributed by atoms with Gasteiger partial charge < -0.3 is 10.2 Å². The second-order valence-electron chi connectivity index (χ2n) is 6.11. The molecule has 0 aromatic carbocycles. The zero-order valence-corrected chi connectivity index (χ0v) is 14.7. The molecule has 1 N–H and O–H groups in total. The van der Waals surface area contributed by atoms with Crippen LogP contribution in [0.3, 0.4) is 0 Å². The van der Waals surface area contributed by atoms with Crippen LogP contribution >= 0.6 is 0 Å². The first-order valence-electron chi connectivity index (χ1n) is 8.01. The maximum Gasteiger partial charge on any atom is 0.270 e. The quantitative estimate of drug-likeness (QED) is 0.856. The zero-order chi connectivity index (χ0) is 17.9. The van der Waals surface area contributed by atoms with E-state index in [0.717, 1.165) is 11.3 Å². The van der Waals surface area contributed by atoms with Crippen molar-refractivity contribution in [1.29, 1.82) is 0 Å². The van der Waals surface area contributed by atoms with Gasteiger partial charge in [-0.1, -0.05) is 0 Å². The molecular weight excluding hydrogens is 340 g/mol. The van der Waals surface area contributed by atoms with Crippen LogP contribution in [0.25, 0.3) is 0 Å². The first kappa shape index (κ1) is 17.3. The summed E-state index contributed by atoms with van der Waals surface area (Å²) in [6.45, 7) is 0.393. The van der Waals surface area contributed by atoms with Gasteiger partial charge in [-0.3, -0.25) is 14.8 Å². The van der Waals surface area contributed by atoms with E-state index in [1.165, 1.54) is 0 Å². The van der Waals surface area contributed by atoms with Gasteiger partial charge in [0.1, 0.15) is 5.69 Å². The molecule has 1 fully saturated rings. The van der Waals surface area contributed by atoms with Crippen LogP contribution < -0.4 is 10.2 Å². The van der Waals surface area contributed by atoms with E-state index in [4.69, 9.17) is 0 Å². The number of aromatic nitrogens is 2. The summed E-state index contributed by atoms with van der Waals surface area (Å²) in [5.74, 6) is 0.0907. The van der Waals surface area contributed by atoms with E-state index in [9.17, 15) is 13.2 Å². The van der Waals surface area contributed by atoms with Crippen molar-refractivity contribution in [2.24, 2.45) is 0 Å². The summed E-state index contributed by atoms with van der Waals surface area (Å²) < 4.78 is 23.3. The number of carbonyl (C=O) groups excluding carboxylic acids is 1. The van der Waals surface area contributed by atoms with Crippen molar-refractivity contribution in [3.63, 3.8) is 0 Å². The predicted molar refractivity (Wildman–Crippen MR) is 95.1 cm³/mol. The molecule has 132 valence electrons. The number of sulfone groups is 1. The van der Waals surface area contributed by atoms with E-state index in [1.54, 1.807) is 30.7 Å². The molecule has 1 aliphatic heterocycles. The van der Waals surface area contributed by atoms with Gasteiger partial charge in [0.25, 0.3) is 5.91 Å². The molecule has 0 aliphatic carbocycles. The highest BCUT2D eigenvalue weighted by Crippen LogP contribution is 2.23. The lowest BCUT2D eigenvalue weighted by atomic mass is 10.2. The number of rotatable bonds is 5. The van der Waals surface area contributed by atoms with Crippen LogP contribution in [0.1, 0.15) is 22.5 Å². The maximum atomic E-state index is 12.3. The predicted octanol–water partition coefficient (Wildman–Crippen LogP) is 1.03. The van der Waals surface area contributed by atoms with Gasteiger partial charge in [0, 0.05) is 43.9 Å². The van der Waals surface area contributed by atoms with Crippen molar-refractivity contribution in [2.75, 3.05) is 23.5 Å². The molecule has 8 heteroatoms. The lowest BCUT2D eigenvalue weighted by molar-refractivity contribution is 0.0946. The Morgan fingerprint density at radius 3 is 2.72 bits per heavy atom. The molecule has 0 saturated carbocycles. The van der Waals surface area contributed by atoms with Gasteiger partial charge in [0.15, 0.2) is 9.84 Å². The smallest absolute Gasteiger partial charge is 0.270 e. The van der Waals surface area contributed by atoms with Gasteiger partial charge in [-0.25, -0.2) is 8.42 Å². The van der Waals surface area contributed by atoms with Crippen molar-refractivity contribution in [3.05, 3.63) is 54.1 Å². The first-order valence-corrected chi connectivity index (χ1v) is 9.83. The number of carbonyl (C=O) groups is 1. The Bertz CT molecular complexity index is 855. The zero-order valence-electron chi connectivity index (χ0n) is 13.9. The average molecular weight is 360 g/mol. The van der Waals surface area contributed by atoms with E-state index in [2.05, 4.69) is 15.3 Å². The molecule has 0 radical (unpaired) electrons. The first-order chi connectivity index (χ1) is 11.9. The van der Waals surface area contributed by atoms with Gasteiger partial charge in [-0.15, -0.1) is 0 Å². The summed E-state index contributed by atoms with van der Waals surface area (Å²) in [7, 11) is -1.11. The van der Waals surface area contributed by atoms with E-state index in [1.807, 2.05) is 24.1 Å². The molecule has 1 aliphatic rings. The van der Waals surface area contributed by atoms with Gasteiger partial charge >= 0.3 is 0 Å². The summed E-state index contributed by atoms with van der Waals surface area (Å²) in [6, 6.07) is 7.06. The average Bonchev–Trinajstić information content (AvgIpc) is 3.00. The Kier molecular flexibility index (Phi) is 4.98. The summed E-state index contributed by atoms with van der Waals surface area (Å²) >= 11 is 0. The van der Waals surface area contributed by atoms with E-state index >= 15 is 0 Å². The second-order valence-corrected chi connectivity index (χ2v) is 8.33. The van der Waals surface area contributed by atoms with Crippen LogP contribution in [0.2, 0.25) is 0 Å². The minimum Gasteiger partial charge on any atom is -0.370 e. The molecule has 2 aromatic rings. The van der Waals surface area contributed by atoms with Crippen molar-refractivity contribution in [1.82, 2.24) is 15.3 Å². The fourth-order valence-electron chi connectivity index (χ4n) is 2.83. The summed E-state index contributed by atoms with van der Waals surface area (Å²) in [4.78, 5) is 22.3. The standard InChI is InChI=1S/C17H20N4O3S/c1-21(15-5-9-25(23,24)12-15)14-4-8-19-16(10-14)17(22)20-11-13-2-6-18-7-3-13/h2-4,6-8,10,15H,5,9,11-12H2,1H3,(H,20,22). The SMILES string of the molecule is CN(c1ccnc(C(=O)NCc2ccncc2)c1)C1CCS(=O)(=O)C1. The minimum absolute atomic E-state index is 0.0693. The second kappa shape index (κ2) is 7.18. The van der Waals surface area contributed by atoms with Crippen molar-refractivity contribution in [3.8, 4) is 0 Å². The summed E-state index contributed by atoms with van der Waals surface area (Å²) in [5.41, 5.74) is 2.04. The number of hydrogen-bond donors (Lipinski definition) is 1. The number of hydrogen-bond acceptors (Lipinski definition) is 6. The lowest BCUT2D eigenvalue weighted by Gasteiger charge is -2.25. The monoisotopic (exact) mass is 360 g/mol. The topological polar surface area (TPSA) is 92.3 Å². The van der Waals surface area contributed by atoms with Gasteiger partial charge in [0.2, 0.25) is 0 Å². The van der Waals surface area contributed by atoms with Crippen LogP contribution in [0, 0.1) is 0 Å². The minimum atomic E-state index is -2.96. The third kappa shape index (κ3) is 4.33. The molecule has 7 nitrogen and oxygen atoms in total. The summed E-state index contributed by atoms with van der Waals surface area (Å²) in [5, 5.41) is 2.82. The molecule has 3 rings (SSSR count). The van der Waals surface area contributed by atoms with Crippen molar-refractivity contribution < 1.29 is 13.2 Å². The van der Waals surface area contributed by atoms with Gasteiger partial charge in [0.05, 0.1) is 11.5 Å². The highest BCUT2D eigenvalue weighted by atomic mass is 32.2. The van der Waals surface area contributed by atoms with Crippen LogP contribution in [-0.4, -0.2) is 48.9 Å². The Labute approximate surface area is 147 Å². The molecule has 1 atom stereocenters. The molecule has 0 spiro atoms. The van der Waals surface area contributed by atoms with Crippen LogP contribution in [0.5, 0.6) is 0 Å². The Morgan fingerprint density at radius 2 is 2.04 bits per heavy atom. The highest BCUT2D eigenvalue weighted by Gasteiger charge is 2.31. The number of nitrogens with one attached hydrogen (secondary N) is 1. The van der Waals surface area contributed by atoms with Crippen molar-refractivity contribution >= 4 is 21.4 Å². The van der Waals surface area contributed by atoms with Crippen LogP contribution in [0.4, 0.5) is 5.69 Å². The number of anilines is 1. The number of nitrogens with zero attached hydrogens (tertiary/aromatic N) is 3. The molecule has 2 aromatic heterocycles. The van der Waals surface area contributed by atoms with Gasteiger partial charge in [-0.2, -0.15) is 0 Å². The largest absolute Gasteiger partial charge is 0.370 e. The maximum absolute atomic E-state index is 12.3. The fourth-order valence-corrected chi connectivity index (χ4v) is 4.60. The number of amides is 1.